The standard InChI is InChI=1S/C18H21NO3S/c1-2-10-23-12-17(20)19-16(11-18(21)22)15-9-5-7-13-6-3-4-8-14(13)15/h3-9,16H,2,10-12H2,1H3,(H,19,20)(H,21,22)/t16-/m1/s1. The molecule has 23 heavy (non-hydrogen) atoms. The molecule has 0 spiro atoms. The molecule has 0 unspecified atom stereocenters. The molecule has 0 radical (unpaired) electrons. The number of fused-ring (bicyclic) bond motifs is 1. The smallest absolute Gasteiger partial charge is 0.305 e. The Morgan fingerprint density at radius 1 is 1.17 bits per heavy atom. The maximum absolute atomic E-state index is 12.1. The van der Waals surface area contributed by atoms with E-state index >= 15 is 0 Å². The number of carbonyl (C=O) groups is 2. The number of nitrogens with one attached hydrogen (secondary N) is 1. The van der Waals surface area contributed by atoms with Gasteiger partial charge in [-0.15, -0.1) is 0 Å². The summed E-state index contributed by atoms with van der Waals surface area (Å²) in [5.74, 6) is 0.229. The average Bonchev–Trinajstić information content (AvgIpc) is 2.53. The molecule has 1 atom stereocenters. The zero-order valence-corrected chi connectivity index (χ0v) is 13.9. The molecule has 0 aliphatic heterocycles. The molecular formula is C18H21NO3S. The summed E-state index contributed by atoms with van der Waals surface area (Å²) in [6.45, 7) is 2.06. The van der Waals surface area contributed by atoms with Crippen LogP contribution in [0.15, 0.2) is 42.5 Å². The number of aliphatic carboxylic acids is 1. The zero-order valence-electron chi connectivity index (χ0n) is 13.1. The molecule has 0 bridgehead atoms. The summed E-state index contributed by atoms with van der Waals surface area (Å²) < 4.78 is 0. The van der Waals surface area contributed by atoms with Crippen LogP contribution in [-0.4, -0.2) is 28.5 Å². The van der Waals surface area contributed by atoms with Gasteiger partial charge in [-0.25, -0.2) is 0 Å². The van der Waals surface area contributed by atoms with Crippen LogP contribution in [0.4, 0.5) is 0 Å². The Kier molecular flexibility index (Phi) is 6.47. The van der Waals surface area contributed by atoms with Gasteiger partial charge in [-0.05, 0) is 28.5 Å². The van der Waals surface area contributed by atoms with Gasteiger partial charge in [0.05, 0.1) is 18.2 Å². The summed E-state index contributed by atoms with van der Waals surface area (Å²) in [6, 6.07) is 13.0. The molecule has 0 aliphatic carbocycles. The lowest BCUT2D eigenvalue weighted by Gasteiger charge is -2.19. The Morgan fingerprint density at radius 3 is 2.65 bits per heavy atom. The molecule has 2 aromatic rings. The molecule has 1 amide bonds. The Bertz CT molecular complexity index is 682. The van der Waals surface area contributed by atoms with Gasteiger partial charge >= 0.3 is 5.97 Å². The number of benzene rings is 2. The van der Waals surface area contributed by atoms with Crippen LogP contribution >= 0.6 is 11.8 Å². The molecule has 0 aromatic heterocycles. The van der Waals surface area contributed by atoms with Gasteiger partial charge in [-0.2, -0.15) is 11.8 Å². The number of carboxylic acids is 1. The van der Waals surface area contributed by atoms with Crippen molar-refractivity contribution in [3.05, 3.63) is 48.0 Å². The summed E-state index contributed by atoms with van der Waals surface area (Å²) in [6.07, 6.45) is 0.887. The maximum atomic E-state index is 12.1. The molecule has 0 saturated carbocycles. The minimum absolute atomic E-state index is 0.123. The third kappa shape index (κ3) is 4.99. The molecule has 0 fully saturated rings. The monoisotopic (exact) mass is 331 g/mol. The Morgan fingerprint density at radius 2 is 1.91 bits per heavy atom. The van der Waals surface area contributed by atoms with E-state index in [1.54, 1.807) is 11.8 Å². The van der Waals surface area contributed by atoms with E-state index in [-0.39, 0.29) is 12.3 Å². The normalized spacial score (nSPS) is 12.0. The summed E-state index contributed by atoms with van der Waals surface area (Å²) in [7, 11) is 0. The van der Waals surface area contributed by atoms with Crippen molar-refractivity contribution < 1.29 is 14.7 Å². The van der Waals surface area contributed by atoms with E-state index in [1.807, 2.05) is 42.5 Å². The zero-order chi connectivity index (χ0) is 16.7. The quantitative estimate of drug-likeness (QED) is 0.725. The summed E-state index contributed by atoms with van der Waals surface area (Å²) in [5, 5.41) is 14.1. The summed E-state index contributed by atoms with van der Waals surface area (Å²) in [5.41, 5.74) is 0.847. The van der Waals surface area contributed by atoms with Gasteiger partial charge in [0.2, 0.25) is 5.91 Å². The highest BCUT2D eigenvalue weighted by atomic mass is 32.2. The van der Waals surface area contributed by atoms with Crippen LogP contribution in [0.25, 0.3) is 10.8 Å². The van der Waals surface area contributed by atoms with Crippen LogP contribution in [0.5, 0.6) is 0 Å². The second-order valence-corrected chi connectivity index (χ2v) is 6.44. The maximum Gasteiger partial charge on any atom is 0.305 e. The summed E-state index contributed by atoms with van der Waals surface area (Å²) in [4.78, 5) is 23.3. The van der Waals surface area contributed by atoms with E-state index in [2.05, 4.69) is 12.2 Å². The van der Waals surface area contributed by atoms with Gasteiger partial charge < -0.3 is 10.4 Å². The minimum atomic E-state index is -0.926. The van der Waals surface area contributed by atoms with Crippen LogP contribution < -0.4 is 5.32 Å². The molecule has 2 N–H and O–H groups in total. The number of amides is 1. The summed E-state index contributed by atoms with van der Waals surface area (Å²) >= 11 is 1.56. The van der Waals surface area contributed by atoms with Gasteiger partial charge in [0.1, 0.15) is 0 Å². The van der Waals surface area contributed by atoms with Crippen LogP contribution in [0.3, 0.4) is 0 Å². The van der Waals surface area contributed by atoms with Crippen molar-refractivity contribution in [1.29, 1.82) is 0 Å². The fourth-order valence-corrected chi connectivity index (χ4v) is 3.21. The number of thioether (sulfide) groups is 1. The van der Waals surface area contributed by atoms with E-state index in [0.29, 0.717) is 5.75 Å². The second-order valence-electron chi connectivity index (χ2n) is 5.34. The average molecular weight is 331 g/mol. The van der Waals surface area contributed by atoms with Crippen LogP contribution in [0.1, 0.15) is 31.4 Å². The van der Waals surface area contributed by atoms with Crippen LogP contribution in [0.2, 0.25) is 0 Å². The van der Waals surface area contributed by atoms with Crippen molar-refractivity contribution >= 4 is 34.4 Å². The lowest BCUT2D eigenvalue weighted by Crippen LogP contribution is -2.31. The van der Waals surface area contributed by atoms with Crippen LogP contribution in [0, 0.1) is 0 Å². The second kappa shape index (κ2) is 8.58. The van der Waals surface area contributed by atoms with E-state index in [0.717, 1.165) is 28.5 Å². The van der Waals surface area contributed by atoms with E-state index in [4.69, 9.17) is 0 Å². The molecular weight excluding hydrogens is 310 g/mol. The molecule has 0 aliphatic rings. The van der Waals surface area contributed by atoms with Crippen molar-refractivity contribution in [2.45, 2.75) is 25.8 Å². The van der Waals surface area contributed by atoms with Crippen molar-refractivity contribution in [1.82, 2.24) is 5.32 Å². The van der Waals surface area contributed by atoms with E-state index in [1.165, 1.54) is 0 Å². The molecule has 5 heteroatoms. The van der Waals surface area contributed by atoms with Crippen molar-refractivity contribution in [2.24, 2.45) is 0 Å². The molecule has 122 valence electrons. The SMILES string of the molecule is CCCSCC(=O)N[C@H](CC(=O)O)c1cccc2ccccc12. The Hall–Kier alpha value is -2.01. The number of hydrogen-bond acceptors (Lipinski definition) is 3. The van der Waals surface area contributed by atoms with Crippen molar-refractivity contribution in [3.63, 3.8) is 0 Å². The molecule has 0 heterocycles. The fourth-order valence-electron chi connectivity index (χ4n) is 2.51. The van der Waals surface area contributed by atoms with Crippen molar-refractivity contribution in [3.8, 4) is 0 Å². The third-order valence-corrected chi connectivity index (χ3v) is 4.66. The first-order chi connectivity index (χ1) is 11.1. The highest BCUT2D eigenvalue weighted by Crippen LogP contribution is 2.26. The molecule has 0 saturated heterocycles. The minimum Gasteiger partial charge on any atom is -0.481 e. The largest absolute Gasteiger partial charge is 0.481 e. The third-order valence-electron chi connectivity index (χ3n) is 3.49. The predicted molar refractivity (Wildman–Crippen MR) is 94.7 cm³/mol. The number of carbonyl (C=O) groups excluding carboxylic acids is 1. The lowest BCUT2D eigenvalue weighted by atomic mass is 9.96. The van der Waals surface area contributed by atoms with Gasteiger partial charge in [0, 0.05) is 0 Å². The topological polar surface area (TPSA) is 66.4 Å². The van der Waals surface area contributed by atoms with Gasteiger partial charge in [0.15, 0.2) is 0 Å². The number of rotatable bonds is 8. The van der Waals surface area contributed by atoms with Gasteiger partial charge in [0.25, 0.3) is 0 Å². The molecule has 4 nitrogen and oxygen atoms in total. The van der Waals surface area contributed by atoms with E-state index in [9.17, 15) is 14.7 Å². The Balaban J connectivity index is 2.23. The van der Waals surface area contributed by atoms with Crippen molar-refractivity contribution in [2.75, 3.05) is 11.5 Å². The highest BCUT2D eigenvalue weighted by Gasteiger charge is 2.19. The fraction of sp³-hybridized carbons (Fsp3) is 0.333. The predicted octanol–water partition coefficient (Wildman–Crippen LogP) is 3.62. The first-order valence-electron chi connectivity index (χ1n) is 7.68. The highest BCUT2D eigenvalue weighted by molar-refractivity contribution is 7.99. The lowest BCUT2D eigenvalue weighted by molar-refractivity contribution is -0.137. The first kappa shape index (κ1) is 17.3. The van der Waals surface area contributed by atoms with E-state index < -0.39 is 12.0 Å². The number of hydrogen-bond donors (Lipinski definition) is 2. The van der Waals surface area contributed by atoms with Crippen LogP contribution in [-0.2, 0) is 9.59 Å². The van der Waals surface area contributed by atoms with Gasteiger partial charge in [-0.1, -0.05) is 49.4 Å². The Labute approximate surface area is 140 Å². The first-order valence-corrected chi connectivity index (χ1v) is 8.84. The van der Waals surface area contributed by atoms with Gasteiger partial charge in [-0.3, -0.25) is 9.59 Å². The molecule has 2 aromatic carbocycles. The molecule has 2 rings (SSSR count). The number of carboxylic acid groups (broad SMARTS) is 1.